The molecule has 1 aromatic carbocycles. The average molecular weight is 471 g/mol. The Morgan fingerprint density at radius 2 is 1.53 bits per heavy atom. The van der Waals surface area contributed by atoms with E-state index < -0.39 is 22.0 Å². The predicted octanol–water partition coefficient (Wildman–Crippen LogP) is 0.203. The number of nitrogens with one attached hydrogen (secondary N) is 1. The van der Waals surface area contributed by atoms with Crippen molar-refractivity contribution in [3.05, 3.63) is 24.3 Å². The number of aliphatic carboxylic acids is 2. The van der Waals surface area contributed by atoms with E-state index in [2.05, 4.69) is 22.2 Å². The molecule has 2 heterocycles. The molecule has 1 aromatic rings. The van der Waals surface area contributed by atoms with E-state index in [0.717, 1.165) is 45.4 Å². The molecule has 0 aromatic heterocycles. The number of benzene rings is 1. The Morgan fingerprint density at radius 1 is 0.938 bits per heavy atom. The second-order valence-electron chi connectivity index (χ2n) is 7.73. The maximum atomic E-state index is 12.8. The Balaban J connectivity index is 0.000000534. The fourth-order valence-corrected chi connectivity index (χ4v) is 4.96. The van der Waals surface area contributed by atoms with Crippen LogP contribution in [0.2, 0.25) is 0 Å². The van der Waals surface area contributed by atoms with Crippen LogP contribution in [0.1, 0.15) is 19.3 Å². The summed E-state index contributed by atoms with van der Waals surface area (Å²) >= 11 is 0. The number of sulfonamides is 1. The molecule has 2 aliphatic rings. The lowest BCUT2D eigenvalue weighted by atomic mass is 10.2. The number of rotatable bonds is 5. The van der Waals surface area contributed by atoms with Gasteiger partial charge in [0.2, 0.25) is 15.9 Å². The Labute approximate surface area is 187 Å². The summed E-state index contributed by atoms with van der Waals surface area (Å²) in [6, 6.07) is 6.57. The molecule has 2 fully saturated rings. The van der Waals surface area contributed by atoms with Crippen molar-refractivity contribution in [3.63, 3.8) is 0 Å². The van der Waals surface area contributed by atoms with Crippen LogP contribution >= 0.6 is 0 Å². The van der Waals surface area contributed by atoms with Crippen molar-refractivity contribution >= 4 is 33.6 Å². The lowest BCUT2D eigenvalue weighted by Crippen LogP contribution is -2.47. The zero-order valence-corrected chi connectivity index (χ0v) is 18.9. The summed E-state index contributed by atoms with van der Waals surface area (Å²) in [7, 11) is -1.41. The molecule has 11 nitrogen and oxygen atoms in total. The summed E-state index contributed by atoms with van der Waals surface area (Å²) < 4.78 is 27.1. The van der Waals surface area contributed by atoms with Crippen molar-refractivity contribution in [2.24, 2.45) is 0 Å². The number of carboxylic acids is 2. The Morgan fingerprint density at radius 3 is 2.09 bits per heavy atom. The molecule has 0 spiro atoms. The molecular formula is C20H30N4O7S. The maximum absolute atomic E-state index is 12.8. The monoisotopic (exact) mass is 470 g/mol. The summed E-state index contributed by atoms with van der Waals surface area (Å²) in [5, 5.41) is 17.6. The fourth-order valence-electron chi connectivity index (χ4n) is 3.40. The van der Waals surface area contributed by atoms with Gasteiger partial charge < -0.3 is 20.4 Å². The summed E-state index contributed by atoms with van der Waals surface area (Å²) in [4.78, 5) is 35.1. The third kappa shape index (κ3) is 7.86. The van der Waals surface area contributed by atoms with Gasteiger partial charge in [-0.3, -0.25) is 9.69 Å². The molecule has 0 aliphatic carbocycles. The predicted molar refractivity (Wildman–Crippen MR) is 117 cm³/mol. The Hall–Kier alpha value is -2.54. The highest BCUT2D eigenvalue weighted by Crippen LogP contribution is 2.22. The number of amides is 1. The molecule has 3 rings (SSSR count). The van der Waals surface area contributed by atoms with Gasteiger partial charge in [0.25, 0.3) is 0 Å². The van der Waals surface area contributed by atoms with Crippen LogP contribution in [0.4, 0.5) is 5.69 Å². The highest BCUT2D eigenvalue weighted by Gasteiger charge is 2.26. The molecular weight excluding hydrogens is 440 g/mol. The minimum absolute atomic E-state index is 0.109. The molecule has 2 saturated heterocycles. The number of carbonyl (C=O) groups excluding carboxylic acids is 1. The number of likely N-dealkylation sites (N-methyl/N-ethyl adjacent to an activating group) is 1. The van der Waals surface area contributed by atoms with E-state index in [1.807, 2.05) is 0 Å². The first-order valence-corrected chi connectivity index (χ1v) is 11.8. The van der Waals surface area contributed by atoms with Gasteiger partial charge in [0, 0.05) is 45.0 Å². The van der Waals surface area contributed by atoms with Gasteiger partial charge in [-0.25, -0.2) is 18.0 Å². The minimum Gasteiger partial charge on any atom is -0.473 e. The molecule has 0 radical (unpaired) electrons. The van der Waals surface area contributed by atoms with Gasteiger partial charge >= 0.3 is 11.9 Å². The molecule has 3 N–H and O–H groups in total. The average Bonchev–Trinajstić information content (AvgIpc) is 2.76. The van der Waals surface area contributed by atoms with Crippen molar-refractivity contribution in [2.75, 3.05) is 58.2 Å². The molecule has 0 bridgehead atoms. The summed E-state index contributed by atoms with van der Waals surface area (Å²) in [6.45, 7) is 5.12. The van der Waals surface area contributed by atoms with E-state index in [-0.39, 0.29) is 10.8 Å². The van der Waals surface area contributed by atoms with Crippen molar-refractivity contribution < 1.29 is 33.0 Å². The Bertz CT molecular complexity index is 896. The minimum atomic E-state index is -3.49. The maximum Gasteiger partial charge on any atom is 0.414 e. The number of carbonyl (C=O) groups is 3. The van der Waals surface area contributed by atoms with E-state index in [1.54, 1.807) is 28.6 Å². The lowest BCUT2D eigenvalue weighted by molar-refractivity contribution is -0.159. The van der Waals surface area contributed by atoms with Crippen LogP contribution in [0.25, 0.3) is 0 Å². The van der Waals surface area contributed by atoms with Gasteiger partial charge in [-0.15, -0.1) is 0 Å². The van der Waals surface area contributed by atoms with Crippen molar-refractivity contribution in [1.82, 2.24) is 14.1 Å². The molecule has 32 heavy (non-hydrogen) atoms. The molecule has 0 saturated carbocycles. The second-order valence-corrected chi connectivity index (χ2v) is 9.67. The van der Waals surface area contributed by atoms with Crippen molar-refractivity contribution in [3.8, 4) is 0 Å². The van der Waals surface area contributed by atoms with Gasteiger partial charge in [0.15, 0.2) is 0 Å². The van der Waals surface area contributed by atoms with Crippen molar-refractivity contribution in [1.29, 1.82) is 0 Å². The van der Waals surface area contributed by atoms with Gasteiger partial charge in [-0.05, 0) is 38.1 Å². The van der Waals surface area contributed by atoms with E-state index in [0.29, 0.717) is 25.3 Å². The number of anilines is 1. The first-order chi connectivity index (χ1) is 15.1. The summed E-state index contributed by atoms with van der Waals surface area (Å²) in [5.41, 5.74) is 0.530. The van der Waals surface area contributed by atoms with Gasteiger partial charge in [-0.2, -0.15) is 4.31 Å². The highest BCUT2D eigenvalue weighted by atomic mass is 32.2. The smallest absolute Gasteiger partial charge is 0.414 e. The van der Waals surface area contributed by atoms with Gasteiger partial charge in [0.1, 0.15) is 0 Å². The summed E-state index contributed by atoms with van der Waals surface area (Å²) in [6.07, 6.45) is 2.88. The van der Waals surface area contributed by atoms with Crippen LogP contribution in [0.3, 0.4) is 0 Å². The van der Waals surface area contributed by atoms with E-state index in [1.165, 1.54) is 0 Å². The molecule has 2 aliphatic heterocycles. The lowest BCUT2D eigenvalue weighted by Gasteiger charge is -2.31. The van der Waals surface area contributed by atoms with Crippen LogP contribution in [-0.2, 0) is 24.4 Å². The molecule has 12 heteroatoms. The molecule has 1 amide bonds. The number of piperazine rings is 1. The third-order valence-electron chi connectivity index (χ3n) is 5.22. The second kappa shape index (κ2) is 11.9. The van der Waals surface area contributed by atoms with Crippen LogP contribution in [0.15, 0.2) is 29.2 Å². The highest BCUT2D eigenvalue weighted by molar-refractivity contribution is 7.89. The van der Waals surface area contributed by atoms with E-state index in [4.69, 9.17) is 19.8 Å². The van der Waals surface area contributed by atoms with E-state index >= 15 is 0 Å². The molecule has 0 unspecified atom stereocenters. The van der Waals surface area contributed by atoms with Crippen molar-refractivity contribution in [2.45, 2.75) is 24.2 Å². The van der Waals surface area contributed by atoms with Gasteiger partial charge in [0.05, 0.1) is 11.4 Å². The largest absolute Gasteiger partial charge is 0.473 e. The Kier molecular flexibility index (Phi) is 9.57. The van der Waals surface area contributed by atoms with Crippen LogP contribution < -0.4 is 5.32 Å². The SMILES string of the molecule is CN1CCN(CC(=O)Nc2cccc(S(=O)(=O)N3CCCCC3)c2)CC1.O=C(O)C(=O)O. The molecule has 178 valence electrons. The zero-order chi connectivity index (χ0) is 23.7. The van der Waals surface area contributed by atoms with Gasteiger partial charge in [-0.1, -0.05) is 12.5 Å². The van der Waals surface area contributed by atoms with Crippen LogP contribution in [0.5, 0.6) is 0 Å². The first kappa shape index (κ1) is 25.7. The topological polar surface area (TPSA) is 148 Å². The zero-order valence-electron chi connectivity index (χ0n) is 18.1. The quantitative estimate of drug-likeness (QED) is 0.513. The number of piperidine rings is 1. The fraction of sp³-hybridized carbons (Fsp3) is 0.550. The standard InChI is InChI=1S/C18H28N4O3S.C2H2O4/c1-20-10-12-21(13-11-20)15-18(23)19-16-6-5-7-17(14-16)26(24,25)22-8-3-2-4-9-22;3-1(4)2(5)6/h5-7,14H,2-4,8-13,15H2,1H3,(H,19,23);(H,3,4)(H,5,6). The van der Waals surface area contributed by atoms with Crippen LogP contribution in [-0.4, -0.2) is 103 Å². The number of carboxylic acid groups (broad SMARTS) is 2. The number of hydrogen-bond donors (Lipinski definition) is 3. The van der Waals surface area contributed by atoms with Crippen LogP contribution in [0, 0.1) is 0 Å². The normalized spacial score (nSPS) is 18.3. The van der Waals surface area contributed by atoms with E-state index in [9.17, 15) is 13.2 Å². The number of nitrogens with zero attached hydrogens (tertiary/aromatic N) is 3. The first-order valence-electron chi connectivity index (χ1n) is 10.4. The summed E-state index contributed by atoms with van der Waals surface area (Å²) in [5.74, 6) is -3.76. The molecule has 0 atom stereocenters. The third-order valence-corrected chi connectivity index (χ3v) is 7.11. The number of hydrogen-bond acceptors (Lipinski definition) is 7.